The summed E-state index contributed by atoms with van der Waals surface area (Å²) >= 11 is 6.06. The molecule has 6 nitrogen and oxygen atoms in total. The SMILES string of the molecule is O=C(NC1CCCN(CCS(=O)(=O)c2ccccc2)C1)N1CCc2cc(Cl)ccc21. The Hall–Kier alpha value is -2.09. The van der Waals surface area contributed by atoms with E-state index in [1.807, 2.05) is 24.3 Å². The second-order valence-electron chi connectivity index (χ2n) is 7.90. The Morgan fingerprint density at radius 3 is 2.73 bits per heavy atom. The maximum atomic E-state index is 12.8. The summed E-state index contributed by atoms with van der Waals surface area (Å²) < 4.78 is 25.1. The number of nitrogens with zero attached hydrogens (tertiary/aromatic N) is 2. The molecule has 0 aromatic heterocycles. The van der Waals surface area contributed by atoms with Crippen LogP contribution in [-0.2, 0) is 16.3 Å². The second-order valence-corrected chi connectivity index (χ2v) is 10.4. The van der Waals surface area contributed by atoms with Crippen LogP contribution in [0.5, 0.6) is 0 Å². The molecule has 0 spiro atoms. The number of sulfone groups is 1. The van der Waals surface area contributed by atoms with Crippen LogP contribution in [-0.4, -0.2) is 57.3 Å². The largest absolute Gasteiger partial charge is 0.334 e. The minimum absolute atomic E-state index is 0.0158. The molecule has 2 amide bonds. The standard InChI is InChI=1S/C22H26ClN3O3S/c23-18-8-9-21-17(15-18)10-12-26(21)22(27)24-19-5-4-11-25(16-19)13-14-30(28,29)20-6-2-1-3-7-20/h1-3,6-9,15,19H,4-5,10-14,16H2,(H,24,27). The first-order valence-electron chi connectivity index (χ1n) is 10.3. The van der Waals surface area contributed by atoms with E-state index in [0.717, 1.165) is 37.1 Å². The highest BCUT2D eigenvalue weighted by molar-refractivity contribution is 7.91. The number of amides is 2. The van der Waals surface area contributed by atoms with Gasteiger partial charge in [-0.1, -0.05) is 29.8 Å². The summed E-state index contributed by atoms with van der Waals surface area (Å²) in [6.07, 6.45) is 2.63. The van der Waals surface area contributed by atoms with Gasteiger partial charge in [0.25, 0.3) is 0 Å². The highest BCUT2D eigenvalue weighted by Crippen LogP contribution is 2.30. The Bertz CT molecular complexity index is 1010. The first-order valence-corrected chi connectivity index (χ1v) is 12.3. The Morgan fingerprint density at radius 2 is 1.93 bits per heavy atom. The summed E-state index contributed by atoms with van der Waals surface area (Å²) in [4.78, 5) is 17.1. The Morgan fingerprint density at radius 1 is 1.13 bits per heavy atom. The third-order valence-electron chi connectivity index (χ3n) is 5.79. The molecule has 0 bridgehead atoms. The number of fused-ring (bicyclic) bond motifs is 1. The molecule has 0 radical (unpaired) electrons. The molecule has 1 N–H and O–H groups in total. The monoisotopic (exact) mass is 447 g/mol. The van der Waals surface area contributed by atoms with Crippen LogP contribution >= 0.6 is 11.6 Å². The van der Waals surface area contributed by atoms with Gasteiger partial charge in [-0.05, 0) is 61.7 Å². The van der Waals surface area contributed by atoms with Crippen LogP contribution in [0, 0.1) is 0 Å². The molecular formula is C22H26ClN3O3S. The van der Waals surface area contributed by atoms with Crippen molar-refractivity contribution in [3.8, 4) is 0 Å². The molecule has 2 aliphatic rings. The van der Waals surface area contributed by atoms with Crippen LogP contribution in [0.25, 0.3) is 0 Å². The van der Waals surface area contributed by atoms with E-state index in [2.05, 4.69) is 10.2 Å². The maximum absolute atomic E-state index is 12.8. The van der Waals surface area contributed by atoms with E-state index in [1.165, 1.54) is 0 Å². The number of halogens is 1. The molecule has 8 heteroatoms. The van der Waals surface area contributed by atoms with E-state index in [1.54, 1.807) is 29.2 Å². The van der Waals surface area contributed by atoms with E-state index in [4.69, 9.17) is 11.6 Å². The van der Waals surface area contributed by atoms with Crippen molar-refractivity contribution in [3.05, 3.63) is 59.1 Å². The van der Waals surface area contributed by atoms with Gasteiger partial charge in [-0.25, -0.2) is 13.2 Å². The average molecular weight is 448 g/mol. The first kappa shape index (κ1) is 21.2. The molecule has 1 saturated heterocycles. The Balaban J connectivity index is 1.32. The lowest BCUT2D eigenvalue weighted by atomic mass is 10.1. The van der Waals surface area contributed by atoms with Crippen molar-refractivity contribution in [2.75, 3.05) is 36.8 Å². The van der Waals surface area contributed by atoms with Crippen molar-refractivity contribution in [2.45, 2.75) is 30.2 Å². The van der Waals surface area contributed by atoms with Crippen LogP contribution in [0.4, 0.5) is 10.5 Å². The summed E-state index contributed by atoms with van der Waals surface area (Å²) in [5, 5.41) is 3.82. The number of likely N-dealkylation sites (tertiary alicyclic amines) is 1. The molecule has 2 aliphatic heterocycles. The van der Waals surface area contributed by atoms with Gasteiger partial charge in [0.05, 0.1) is 10.6 Å². The van der Waals surface area contributed by atoms with Crippen molar-refractivity contribution in [3.63, 3.8) is 0 Å². The molecule has 2 heterocycles. The summed E-state index contributed by atoms with van der Waals surface area (Å²) in [5.74, 6) is 0.0813. The molecule has 1 unspecified atom stereocenters. The van der Waals surface area contributed by atoms with Gasteiger partial charge < -0.3 is 10.2 Å². The summed E-state index contributed by atoms with van der Waals surface area (Å²) in [6.45, 7) is 2.63. The van der Waals surface area contributed by atoms with E-state index in [9.17, 15) is 13.2 Å². The number of carbonyl (C=O) groups excluding carboxylic acids is 1. The van der Waals surface area contributed by atoms with Crippen molar-refractivity contribution < 1.29 is 13.2 Å². The van der Waals surface area contributed by atoms with Gasteiger partial charge in [0, 0.05) is 36.4 Å². The van der Waals surface area contributed by atoms with Gasteiger partial charge in [-0.3, -0.25) is 4.90 Å². The fourth-order valence-electron chi connectivity index (χ4n) is 4.21. The van der Waals surface area contributed by atoms with Crippen LogP contribution in [0.15, 0.2) is 53.4 Å². The van der Waals surface area contributed by atoms with Crippen LogP contribution in [0.1, 0.15) is 18.4 Å². The van der Waals surface area contributed by atoms with Crippen molar-refractivity contribution >= 4 is 33.2 Å². The first-order chi connectivity index (χ1) is 14.4. The van der Waals surface area contributed by atoms with Crippen molar-refractivity contribution in [2.24, 2.45) is 0 Å². The topological polar surface area (TPSA) is 69.7 Å². The van der Waals surface area contributed by atoms with E-state index in [0.29, 0.717) is 29.6 Å². The molecular weight excluding hydrogens is 422 g/mol. The predicted molar refractivity (Wildman–Crippen MR) is 119 cm³/mol. The second kappa shape index (κ2) is 8.96. The predicted octanol–water partition coefficient (Wildman–Crippen LogP) is 3.35. The molecule has 4 rings (SSSR count). The summed E-state index contributed by atoms with van der Waals surface area (Å²) in [5.41, 5.74) is 2.01. The van der Waals surface area contributed by atoms with Gasteiger partial charge in [-0.2, -0.15) is 0 Å². The van der Waals surface area contributed by atoms with Gasteiger partial charge in [0.15, 0.2) is 9.84 Å². The molecule has 1 fully saturated rings. The molecule has 2 aromatic carbocycles. The highest BCUT2D eigenvalue weighted by atomic mass is 35.5. The van der Waals surface area contributed by atoms with Gasteiger partial charge in [0.2, 0.25) is 0 Å². The van der Waals surface area contributed by atoms with E-state index in [-0.39, 0.29) is 17.8 Å². The maximum Gasteiger partial charge on any atom is 0.322 e. The normalized spacial score (nSPS) is 19.5. The lowest BCUT2D eigenvalue weighted by Gasteiger charge is -2.34. The quantitative estimate of drug-likeness (QED) is 0.763. The smallest absolute Gasteiger partial charge is 0.322 e. The van der Waals surface area contributed by atoms with E-state index < -0.39 is 9.84 Å². The number of benzene rings is 2. The number of urea groups is 1. The van der Waals surface area contributed by atoms with Crippen molar-refractivity contribution in [1.29, 1.82) is 0 Å². The third-order valence-corrected chi connectivity index (χ3v) is 7.74. The molecule has 160 valence electrons. The van der Waals surface area contributed by atoms with Crippen LogP contribution in [0.2, 0.25) is 5.02 Å². The average Bonchev–Trinajstić information content (AvgIpc) is 3.16. The van der Waals surface area contributed by atoms with Gasteiger partial charge in [-0.15, -0.1) is 0 Å². The lowest BCUT2D eigenvalue weighted by Crippen LogP contribution is -2.52. The van der Waals surface area contributed by atoms with Crippen LogP contribution in [0.3, 0.4) is 0 Å². The highest BCUT2D eigenvalue weighted by Gasteiger charge is 2.28. The Labute approximate surface area is 182 Å². The number of nitrogens with one attached hydrogen (secondary N) is 1. The fraction of sp³-hybridized carbons (Fsp3) is 0.409. The minimum Gasteiger partial charge on any atom is -0.334 e. The van der Waals surface area contributed by atoms with Crippen LogP contribution < -0.4 is 10.2 Å². The number of piperidine rings is 1. The molecule has 1 atom stereocenters. The van der Waals surface area contributed by atoms with Gasteiger partial charge in [0.1, 0.15) is 0 Å². The number of rotatable bonds is 5. The molecule has 0 aliphatic carbocycles. The zero-order valence-corrected chi connectivity index (χ0v) is 18.3. The number of hydrogen-bond donors (Lipinski definition) is 1. The number of hydrogen-bond acceptors (Lipinski definition) is 4. The number of carbonyl (C=O) groups is 1. The third kappa shape index (κ3) is 4.79. The molecule has 2 aromatic rings. The zero-order chi connectivity index (χ0) is 21.1. The number of anilines is 1. The zero-order valence-electron chi connectivity index (χ0n) is 16.8. The van der Waals surface area contributed by atoms with Gasteiger partial charge >= 0.3 is 6.03 Å². The fourth-order valence-corrected chi connectivity index (χ4v) is 5.71. The van der Waals surface area contributed by atoms with E-state index >= 15 is 0 Å². The Kier molecular flexibility index (Phi) is 6.32. The minimum atomic E-state index is -3.30. The molecule has 30 heavy (non-hydrogen) atoms. The van der Waals surface area contributed by atoms with Crippen molar-refractivity contribution in [1.82, 2.24) is 10.2 Å². The summed E-state index contributed by atoms with van der Waals surface area (Å²) in [7, 11) is -3.30. The summed E-state index contributed by atoms with van der Waals surface area (Å²) in [6, 6.07) is 14.1. The molecule has 0 saturated carbocycles. The lowest BCUT2D eigenvalue weighted by molar-refractivity contribution is 0.195.